The molecule has 1 nitrogen and oxygen atoms in total. The largest absolute Gasteiger partial charge is 0.398 e. The quantitative estimate of drug-likeness (QED) is 0.565. The van der Waals surface area contributed by atoms with Crippen LogP contribution in [0.5, 0.6) is 0 Å². The number of rotatable bonds is 3. The minimum Gasteiger partial charge on any atom is -0.398 e. The summed E-state index contributed by atoms with van der Waals surface area (Å²) in [6.45, 7) is 0. The van der Waals surface area contributed by atoms with Crippen LogP contribution in [0.15, 0.2) is 45.8 Å². The molecule has 0 aliphatic rings. The van der Waals surface area contributed by atoms with Crippen molar-refractivity contribution in [1.82, 2.24) is 0 Å². The van der Waals surface area contributed by atoms with E-state index < -0.39 is 0 Å². The first-order chi connectivity index (χ1) is 8.58. The van der Waals surface area contributed by atoms with Crippen molar-refractivity contribution in [3.05, 3.63) is 56.5 Å². The average molecular weight is 363 g/mol. The third kappa shape index (κ3) is 3.35. The molecule has 0 saturated heterocycles. The Morgan fingerprint density at radius 1 is 1.17 bits per heavy atom. The molecule has 0 fully saturated rings. The second-order valence-electron chi connectivity index (χ2n) is 3.68. The minimum absolute atomic E-state index is 0.688. The van der Waals surface area contributed by atoms with E-state index in [1.54, 1.807) is 23.9 Å². The third-order valence-electron chi connectivity index (χ3n) is 2.38. The maximum Gasteiger partial charge on any atom is 0.0543 e. The van der Waals surface area contributed by atoms with E-state index in [1.165, 1.54) is 0 Å². The normalized spacial score (nSPS) is 10.6. The molecule has 0 atom stereocenters. The van der Waals surface area contributed by atoms with Gasteiger partial charge in [-0.15, -0.1) is 11.8 Å². The van der Waals surface area contributed by atoms with Crippen LogP contribution in [0, 0.1) is 0 Å². The molecule has 0 bridgehead atoms. The summed E-state index contributed by atoms with van der Waals surface area (Å²) in [5.74, 6) is 0.783. The Morgan fingerprint density at radius 3 is 2.72 bits per heavy atom. The van der Waals surface area contributed by atoms with Gasteiger partial charge in [-0.1, -0.05) is 35.3 Å². The highest BCUT2D eigenvalue weighted by Gasteiger charge is 2.06. The molecule has 2 N–H and O–H groups in total. The summed E-state index contributed by atoms with van der Waals surface area (Å²) >= 11 is 17.2. The fraction of sp³-hybridized carbons (Fsp3) is 0.0769. The zero-order valence-electron chi connectivity index (χ0n) is 9.29. The van der Waals surface area contributed by atoms with E-state index in [4.69, 9.17) is 28.9 Å². The summed E-state index contributed by atoms with van der Waals surface area (Å²) in [6.07, 6.45) is 0. The number of anilines is 1. The van der Waals surface area contributed by atoms with Crippen LogP contribution in [0.1, 0.15) is 5.56 Å². The van der Waals surface area contributed by atoms with Crippen molar-refractivity contribution in [2.45, 2.75) is 10.6 Å². The maximum atomic E-state index is 6.12. The Morgan fingerprint density at radius 2 is 1.94 bits per heavy atom. The lowest BCUT2D eigenvalue weighted by molar-refractivity contribution is 1.36. The van der Waals surface area contributed by atoms with Crippen LogP contribution in [0.3, 0.4) is 0 Å². The number of benzene rings is 2. The number of nitrogens with two attached hydrogens (primary N) is 1. The van der Waals surface area contributed by atoms with Crippen LogP contribution in [-0.4, -0.2) is 0 Å². The van der Waals surface area contributed by atoms with Gasteiger partial charge in [0, 0.05) is 25.8 Å². The molecular weight excluding hydrogens is 353 g/mol. The van der Waals surface area contributed by atoms with Gasteiger partial charge in [-0.25, -0.2) is 0 Å². The van der Waals surface area contributed by atoms with Gasteiger partial charge in [0.1, 0.15) is 0 Å². The van der Waals surface area contributed by atoms with Crippen molar-refractivity contribution in [1.29, 1.82) is 0 Å². The molecule has 0 unspecified atom stereocenters. The maximum absolute atomic E-state index is 6.12. The van der Waals surface area contributed by atoms with Crippen LogP contribution >= 0.6 is 50.9 Å². The highest BCUT2D eigenvalue weighted by molar-refractivity contribution is 9.10. The van der Waals surface area contributed by atoms with Crippen LogP contribution in [0.25, 0.3) is 0 Å². The van der Waals surface area contributed by atoms with Crippen LogP contribution < -0.4 is 5.73 Å². The molecule has 2 rings (SSSR count). The SMILES string of the molecule is Nc1cccc(CSc2cc(Cl)ccc2Cl)c1Br. The minimum atomic E-state index is 0.688. The predicted molar refractivity (Wildman–Crippen MR) is 84.6 cm³/mol. The topological polar surface area (TPSA) is 26.0 Å². The zero-order valence-corrected chi connectivity index (χ0v) is 13.2. The van der Waals surface area contributed by atoms with E-state index in [0.717, 1.165) is 26.4 Å². The molecule has 0 saturated carbocycles. The number of halogens is 3. The summed E-state index contributed by atoms with van der Waals surface area (Å²) in [4.78, 5) is 0.971. The van der Waals surface area contributed by atoms with E-state index in [0.29, 0.717) is 10.0 Å². The highest BCUT2D eigenvalue weighted by Crippen LogP contribution is 2.34. The first-order valence-corrected chi connectivity index (χ1v) is 7.72. The monoisotopic (exact) mass is 361 g/mol. The standard InChI is InChI=1S/C13H10BrCl2NS/c14-13-8(2-1-3-11(13)17)7-18-12-6-9(15)4-5-10(12)16/h1-6H,7,17H2. The molecule has 18 heavy (non-hydrogen) atoms. The lowest BCUT2D eigenvalue weighted by atomic mass is 10.2. The Labute approximate surface area is 129 Å². The molecule has 0 aliphatic carbocycles. The van der Waals surface area contributed by atoms with E-state index in [-0.39, 0.29) is 0 Å². The van der Waals surface area contributed by atoms with Crippen molar-refractivity contribution in [3.63, 3.8) is 0 Å². The van der Waals surface area contributed by atoms with E-state index >= 15 is 0 Å². The molecule has 0 amide bonds. The van der Waals surface area contributed by atoms with E-state index in [1.807, 2.05) is 24.3 Å². The molecule has 5 heteroatoms. The van der Waals surface area contributed by atoms with Gasteiger partial charge in [0.15, 0.2) is 0 Å². The average Bonchev–Trinajstić information content (AvgIpc) is 2.35. The molecule has 0 spiro atoms. The van der Waals surface area contributed by atoms with Crippen molar-refractivity contribution in [2.24, 2.45) is 0 Å². The van der Waals surface area contributed by atoms with Gasteiger partial charge in [0.05, 0.1) is 5.02 Å². The van der Waals surface area contributed by atoms with Crippen LogP contribution in [0.4, 0.5) is 5.69 Å². The van der Waals surface area contributed by atoms with Gasteiger partial charge in [-0.3, -0.25) is 0 Å². The summed E-state index contributed by atoms with van der Waals surface area (Å²) in [6, 6.07) is 11.3. The molecule has 0 heterocycles. The molecule has 0 aromatic heterocycles. The van der Waals surface area contributed by atoms with E-state index in [9.17, 15) is 0 Å². The van der Waals surface area contributed by atoms with Gasteiger partial charge >= 0.3 is 0 Å². The van der Waals surface area contributed by atoms with Gasteiger partial charge < -0.3 is 5.73 Å². The van der Waals surface area contributed by atoms with Gasteiger partial charge in [-0.2, -0.15) is 0 Å². The summed E-state index contributed by atoms with van der Waals surface area (Å²) in [5.41, 5.74) is 7.72. The Kier molecular flexibility index (Phi) is 4.84. The Bertz CT molecular complexity index is 573. The fourth-order valence-electron chi connectivity index (χ4n) is 1.45. The molecule has 0 radical (unpaired) electrons. The molecule has 94 valence electrons. The first kappa shape index (κ1) is 14.1. The van der Waals surface area contributed by atoms with Crippen molar-refractivity contribution in [3.8, 4) is 0 Å². The van der Waals surface area contributed by atoms with Crippen molar-refractivity contribution < 1.29 is 0 Å². The lowest BCUT2D eigenvalue weighted by Crippen LogP contribution is -1.90. The van der Waals surface area contributed by atoms with Crippen LogP contribution in [0.2, 0.25) is 10.0 Å². The first-order valence-electron chi connectivity index (χ1n) is 5.18. The number of hydrogen-bond donors (Lipinski definition) is 1. The van der Waals surface area contributed by atoms with Crippen molar-refractivity contribution >= 4 is 56.6 Å². The Hall–Kier alpha value is -0.350. The zero-order chi connectivity index (χ0) is 13.1. The highest BCUT2D eigenvalue weighted by atomic mass is 79.9. The number of nitrogen functional groups attached to an aromatic ring is 1. The molecular formula is C13H10BrCl2NS. The van der Waals surface area contributed by atoms with Gasteiger partial charge in [-0.05, 0) is 45.8 Å². The molecule has 2 aromatic carbocycles. The van der Waals surface area contributed by atoms with E-state index in [2.05, 4.69) is 15.9 Å². The van der Waals surface area contributed by atoms with Crippen molar-refractivity contribution in [2.75, 3.05) is 5.73 Å². The molecule has 0 aliphatic heterocycles. The summed E-state index contributed by atoms with van der Waals surface area (Å²) in [5, 5.41) is 1.40. The summed E-state index contributed by atoms with van der Waals surface area (Å²) in [7, 11) is 0. The number of thioether (sulfide) groups is 1. The second-order valence-corrected chi connectivity index (χ2v) is 6.34. The smallest absolute Gasteiger partial charge is 0.0543 e. The Balaban J connectivity index is 2.16. The second kappa shape index (κ2) is 6.20. The summed E-state index contributed by atoms with van der Waals surface area (Å²) < 4.78 is 0.940. The lowest BCUT2D eigenvalue weighted by Gasteiger charge is -2.08. The van der Waals surface area contributed by atoms with Gasteiger partial charge in [0.2, 0.25) is 0 Å². The third-order valence-corrected chi connectivity index (χ3v) is 5.13. The fourth-order valence-corrected chi connectivity index (χ4v) is 3.53. The van der Waals surface area contributed by atoms with Crippen LogP contribution in [-0.2, 0) is 5.75 Å². The predicted octanol–water partition coefficient (Wildman–Crippen LogP) is 5.63. The van der Waals surface area contributed by atoms with Gasteiger partial charge in [0.25, 0.3) is 0 Å². The number of hydrogen-bond acceptors (Lipinski definition) is 2. The molecule has 2 aromatic rings.